The maximum atomic E-state index is 11.2. The van der Waals surface area contributed by atoms with Crippen LogP contribution in [0.5, 0.6) is 0 Å². The molecule has 1 N–H and O–H groups in total. The Kier molecular flexibility index (Phi) is 3.25. The van der Waals surface area contributed by atoms with Crippen LogP contribution >= 0.6 is 11.8 Å². The molecule has 1 aliphatic rings. The van der Waals surface area contributed by atoms with Gasteiger partial charge in [-0.25, -0.2) is 4.79 Å². The SMILES string of the molecule is CC(C)(C)OC(=O)NC1CC=CS1. The molecule has 1 atom stereocenters. The van der Waals surface area contributed by atoms with Crippen LogP contribution < -0.4 is 5.32 Å². The minimum absolute atomic E-state index is 0.148. The van der Waals surface area contributed by atoms with Gasteiger partial charge in [0.25, 0.3) is 0 Å². The van der Waals surface area contributed by atoms with Gasteiger partial charge in [0.2, 0.25) is 0 Å². The molecule has 1 unspecified atom stereocenters. The Hall–Kier alpha value is -0.640. The lowest BCUT2D eigenvalue weighted by Gasteiger charge is -2.21. The molecule has 13 heavy (non-hydrogen) atoms. The molecule has 1 aliphatic heterocycles. The highest BCUT2D eigenvalue weighted by Crippen LogP contribution is 2.21. The second kappa shape index (κ2) is 4.05. The molecular formula is C9H15NO2S. The Morgan fingerprint density at radius 1 is 1.62 bits per heavy atom. The van der Waals surface area contributed by atoms with Crippen LogP contribution in [0.15, 0.2) is 11.5 Å². The Morgan fingerprint density at radius 2 is 2.31 bits per heavy atom. The van der Waals surface area contributed by atoms with Crippen molar-refractivity contribution in [2.75, 3.05) is 0 Å². The van der Waals surface area contributed by atoms with E-state index in [0.29, 0.717) is 0 Å². The summed E-state index contributed by atoms with van der Waals surface area (Å²) in [5.74, 6) is 0. The van der Waals surface area contributed by atoms with Crippen LogP contribution in [0.25, 0.3) is 0 Å². The molecule has 0 aromatic rings. The number of alkyl carbamates (subject to hydrolysis) is 1. The van der Waals surface area contributed by atoms with Crippen LogP contribution in [-0.4, -0.2) is 17.1 Å². The summed E-state index contributed by atoms with van der Waals surface area (Å²) in [4.78, 5) is 11.2. The fraction of sp³-hybridized carbons (Fsp3) is 0.667. The summed E-state index contributed by atoms with van der Waals surface area (Å²) in [5, 5.41) is 4.91. The number of hydrogen-bond acceptors (Lipinski definition) is 3. The van der Waals surface area contributed by atoms with Gasteiger partial charge in [-0.3, -0.25) is 0 Å². The zero-order chi connectivity index (χ0) is 9.90. The summed E-state index contributed by atoms with van der Waals surface area (Å²) < 4.78 is 5.11. The van der Waals surface area contributed by atoms with Crippen molar-refractivity contribution in [2.24, 2.45) is 0 Å². The van der Waals surface area contributed by atoms with Crippen molar-refractivity contribution in [1.29, 1.82) is 0 Å². The van der Waals surface area contributed by atoms with E-state index in [4.69, 9.17) is 4.74 Å². The van der Waals surface area contributed by atoms with Gasteiger partial charge in [-0.1, -0.05) is 6.08 Å². The number of thioether (sulfide) groups is 1. The summed E-state index contributed by atoms with van der Waals surface area (Å²) in [7, 11) is 0. The molecule has 1 rings (SSSR count). The van der Waals surface area contributed by atoms with Crippen LogP contribution in [0.4, 0.5) is 4.79 Å². The number of carbonyl (C=O) groups excluding carboxylic acids is 1. The third-order valence-corrected chi connectivity index (χ3v) is 2.36. The minimum Gasteiger partial charge on any atom is -0.444 e. The number of hydrogen-bond donors (Lipinski definition) is 1. The Balaban J connectivity index is 2.25. The number of carbonyl (C=O) groups is 1. The van der Waals surface area contributed by atoms with E-state index in [2.05, 4.69) is 5.32 Å². The topological polar surface area (TPSA) is 38.3 Å². The molecule has 4 heteroatoms. The van der Waals surface area contributed by atoms with Crippen LogP contribution in [-0.2, 0) is 4.74 Å². The Labute approximate surface area is 82.9 Å². The van der Waals surface area contributed by atoms with Crippen molar-refractivity contribution in [1.82, 2.24) is 5.32 Å². The highest BCUT2D eigenvalue weighted by molar-refractivity contribution is 8.02. The van der Waals surface area contributed by atoms with Gasteiger partial charge in [0.1, 0.15) is 5.60 Å². The monoisotopic (exact) mass is 201 g/mol. The maximum absolute atomic E-state index is 11.2. The van der Waals surface area contributed by atoms with Crippen molar-refractivity contribution < 1.29 is 9.53 Å². The lowest BCUT2D eigenvalue weighted by molar-refractivity contribution is 0.0523. The van der Waals surface area contributed by atoms with Crippen molar-refractivity contribution in [3.05, 3.63) is 11.5 Å². The van der Waals surface area contributed by atoms with Crippen molar-refractivity contribution in [3.8, 4) is 0 Å². The van der Waals surface area contributed by atoms with E-state index in [1.54, 1.807) is 11.8 Å². The zero-order valence-corrected chi connectivity index (χ0v) is 8.98. The van der Waals surface area contributed by atoms with Gasteiger partial charge in [0.05, 0.1) is 5.37 Å². The molecule has 0 spiro atoms. The molecule has 1 heterocycles. The van der Waals surface area contributed by atoms with Crippen LogP contribution in [0.3, 0.4) is 0 Å². The van der Waals surface area contributed by atoms with E-state index in [1.807, 2.05) is 32.3 Å². The second-order valence-corrected chi connectivity index (χ2v) is 4.99. The predicted octanol–water partition coefficient (Wildman–Crippen LogP) is 2.49. The highest BCUT2D eigenvalue weighted by Gasteiger charge is 2.19. The molecule has 74 valence electrons. The van der Waals surface area contributed by atoms with Gasteiger partial charge in [0.15, 0.2) is 0 Å². The normalized spacial score (nSPS) is 21.6. The van der Waals surface area contributed by atoms with Crippen molar-refractivity contribution in [2.45, 2.75) is 38.2 Å². The lowest BCUT2D eigenvalue weighted by Crippen LogP contribution is -2.36. The van der Waals surface area contributed by atoms with Gasteiger partial charge >= 0.3 is 6.09 Å². The molecule has 0 bridgehead atoms. The zero-order valence-electron chi connectivity index (χ0n) is 8.16. The second-order valence-electron chi connectivity index (χ2n) is 3.88. The van der Waals surface area contributed by atoms with Gasteiger partial charge in [-0.15, -0.1) is 11.8 Å². The molecule has 0 aromatic carbocycles. The molecular weight excluding hydrogens is 186 g/mol. The smallest absolute Gasteiger partial charge is 0.408 e. The largest absolute Gasteiger partial charge is 0.444 e. The fourth-order valence-electron chi connectivity index (χ4n) is 0.917. The van der Waals surface area contributed by atoms with E-state index in [1.165, 1.54) is 0 Å². The Bertz CT molecular complexity index is 212. The van der Waals surface area contributed by atoms with Gasteiger partial charge in [-0.2, -0.15) is 0 Å². The summed E-state index contributed by atoms with van der Waals surface area (Å²) in [6, 6.07) is 0. The summed E-state index contributed by atoms with van der Waals surface area (Å²) in [6.07, 6.45) is 2.57. The number of amides is 1. The lowest BCUT2D eigenvalue weighted by atomic mass is 10.2. The Morgan fingerprint density at radius 3 is 2.77 bits per heavy atom. The fourth-order valence-corrected chi connectivity index (χ4v) is 1.72. The molecule has 0 radical (unpaired) electrons. The number of nitrogens with one attached hydrogen (secondary N) is 1. The molecule has 1 amide bonds. The number of ether oxygens (including phenoxy) is 1. The van der Waals surface area contributed by atoms with Gasteiger partial charge < -0.3 is 10.1 Å². The molecule has 3 nitrogen and oxygen atoms in total. The maximum Gasteiger partial charge on any atom is 0.408 e. The van der Waals surface area contributed by atoms with Crippen LogP contribution in [0, 0.1) is 0 Å². The third kappa shape index (κ3) is 4.22. The summed E-state index contributed by atoms with van der Waals surface area (Å²) >= 11 is 1.60. The molecule has 0 aliphatic carbocycles. The van der Waals surface area contributed by atoms with E-state index in [0.717, 1.165) is 6.42 Å². The van der Waals surface area contributed by atoms with E-state index < -0.39 is 5.60 Å². The van der Waals surface area contributed by atoms with Gasteiger partial charge in [-0.05, 0) is 32.6 Å². The highest BCUT2D eigenvalue weighted by atomic mass is 32.2. The molecule has 0 fully saturated rings. The van der Waals surface area contributed by atoms with E-state index in [9.17, 15) is 4.79 Å². The summed E-state index contributed by atoms with van der Waals surface area (Å²) in [5.41, 5.74) is -0.416. The first-order valence-electron chi connectivity index (χ1n) is 4.27. The summed E-state index contributed by atoms with van der Waals surface area (Å²) in [6.45, 7) is 5.56. The average Bonchev–Trinajstić information content (AvgIpc) is 2.34. The quantitative estimate of drug-likeness (QED) is 0.708. The first-order chi connectivity index (χ1) is 5.97. The third-order valence-electron chi connectivity index (χ3n) is 1.37. The van der Waals surface area contributed by atoms with Crippen LogP contribution in [0.2, 0.25) is 0 Å². The minimum atomic E-state index is -0.416. The molecule has 0 aromatic heterocycles. The standard InChI is InChI=1S/C9H15NO2S/c1-9(2,3)12-8(11)10-7-5-4-6-13-7/h4,6-7H,5H2,1-3H3,(H,10,11). The average molecular weight is 201 g/mol. The van der Waals surface area contributed by atoms with Gasteiger partial charge in [0, 0.05) is 0 Å². The van der Waals surface area contributed by atoms with E-state index in [-0.39, 0.29) is 11.5 Å². The van der Waals surface area contributed by atoms with E-state index >= 15 is 0 Å². The predicted molar refractivity (Wildman–Crippen MR) is 54.5 cm³/mol. The first kappa shape index (κ1) is 10.4. The molecule has 0 saturated heterocycles. The number of rotatable bonds is 1. The van der Waals surface area contributed by atoms with Crippen molar-refractivity contribution >= 4 is 17.9 Å². The molecule has 0 saturated carbocycles. The van der Waals surface area contributed by atoms with Crippen molar-refractivity contribution in [3.63, 3.8) is 0 Å². The first-order valence-corrected chi connectivity index (χ1v) is 5.22. The van der Waals surface area contributed by atoms with Crippen LogP contribution in [0.1, 0.15) is 27.2 Å².